The van der Waals surface area contributed by atoms with Gasteiger partial charge in [0.05, 0.1) is 0 Å². The molecular formula is C36H30O2Si2. The Morgan fingerprint density at radius 2 is 0.375 bits per heavy atom. The predicted octanol–water partition coefficient (Wildman–Crippen LogP) is 4.27. The Bertz CT molecular complexity index is 1290. The normalized spacial score (nSPS) is 11.7. The van der Waals surface area contributed by atoms with Crippen LogP contribution in [0.2, 0.25) is 0 Å². The molecular weight excluding hydrogens is 521 g/mol. The molecule has 194 valence electrons. The number of hydrogen-bond acceptors (Lipinski definition) is 2. The lowest BCUT2D eigenvalue weighted by atomic mass is 10.3. The van der Waals surface area contributed by atoms with E-state index in [1.54, 1.807) is 0 Å². The lowest BCUT2D eigenvalue weighted by molar-refractivity contribution is -0.112. The number of hydrogen-bond donors (Lipinski definition) is 0. The number of rotatable bonds is 9. The van der Waals surface area contributed by atoms with Gasteiger partial charge in [0.2, 0.25) is 0 Å². The summed E-state index contributed by atoms with van der Waals surface area (Å²) in [5.41, 5.74) is 0. The molecule has 40 heavy (non-hydrogen) atoms. The average Bonchev–Trinajstić information content (AvgIpc) is 3.06. The van der Waals surface area contributed by atoms with Gasteiger partial charge in [-0.15, -0.1) is 0 Å². The van der Waals surface area contributed by atoms with E-state index < -0.39 is 16.6 Å². The molecule has 0 heterocycles. The second-order valence-corrected chi connectivity index (χ2v) is 16.2. The molecule has 0 unspecified atom stereocenters. The second-order valence-electron chi connectivity index (χ2n) is 9.73. The molecule has 2 nitrogen and oxygen atoms in total. The topological polar surface area (TPSA) is 18.5 Å². The van der Waals surface area contributed by atoms with Crippen molar-refractivity contribution in [2.75, 3.05) is 0 Å². The van der Waals surface area contributed by atoms with Crippen LogP contribution in [0, 0.1) is 0 Å². The molecule has 6 aromatic rings. The standard InChI is InChI=1S/C36H30O2Si2/c1-7-19-31(20-8-1)39(32-21-9-2-10-22-32,33-23-11-3-12-24-33)37-38-40(34-25-13-4-14-26-34,35-27-15-5-16-28-35)36-29-17-6-18-30-36/h1-30H. The van der Waals surface area contributed by atoms with E-state index in [1.807, 2.05) is 0 Å². The Labute approximate surface area is 238 Å². The monoisotopic (exact) mass is 550 g/mol. The van der Waals surface area contributed by atoms with Crippen LogP contribution < -0.4 is 31.1 Å². The zero-order chi connectivity index (χ0) is 27.1. The lowest BCUT2D eigenvalue weighted by Gasteiger charge is -2.38. The van der Waals surface area contributed by atoms with Crippen LogP contribution in [0.5, 0.6) is 0 Å². The van der Waals surface area contributed by atoms with Crippen LogP contribution in [0.25, 0.3) is 0 Å². The molecule has 0 aliphatic rings. The first-order valence-electron chi connectivity index (χ1n) is 13.5. The summed E-state index contributed by atoms with van der Waals surface area (Å²) in [5.74, 6) is 0. The van der Waals surface area contributed by atoms with Gasteiger partial charge in [-0.2, -0.15) is 0 Å². The fraction of sp³-hybridized carbons (Fsp3) is 0. The van der Waals surface area contributed by atoms with Crippen LogP contribution in [0.1, 0.15) is 0 Å². The molecule has 6 aromatic carbocycles. The minimum absolute atomic E-state index is 1.13. The van der Waals surface area contributed by atoms with E-state index in [9.17, 15) is 0 Å². The molecule has 0 aliphatic heterocycles. The van der Waals surface area contributed by atoms with Gasteiger partial charge in [0.1, 0.15) is 0 Å². The quantitative estimate of drug-likeness (QED) is 0.116. The summed E-state index contributed by atoms with van der Waals surface area (Å²) < 4.78 is 14.4. The van der Waals surface area contributed by atoms with Crippen molar-refractivity contribution in [3.05, 3.63) is 182 Å². The first-order chi connectivity index (χ1) is 19.8. The van der Waals surface area contributed by atoms with Crippen LogP contribution in [0.4, 0.5) is 0 Å². The summed E-state index contributed by atoms with van der Waals surface area (Å²) in [5, 5.41) is 6.77. The van der Waals surface area contributed by atoms with Gasteiger partial charge in [0, 0.05) is 0 Å². The molecule has 0 aromatic heterocycles. The molecule has 0 aliphatic carbocycles. The molecule has 4 heteroatoms. The van der Waals surface area contributed by atoms with E-state index in [4.69, 9.17) is 9.15 Å². The highest BCUT2D eigenvalue weighted by molar-refractivity contribution is 7.09. The van der Waals surface area contributed by atoms with Crippen molar-refractivity contribution in [3.63, 3.8) is 0 Å². The fourth-order valence-electron chi connectivity index (χ4n) is 5.45. The Kier molecular flexibility index (Phi) is 7.66. The van der Waals surface area contributed by atoms with Crippen molar-refractivity contribution in [2.45, 2.75) is 0 Å². The summed E-state index contributed by atoms with van der Waals surface area (Å²) in [6.45, 7) is 0. The highest BCUT2D eigenvalue weighted by Gasteiger charge is 2.50. The average molecular weight is 551 g/mol. The van der Waals surface area contributed by atoms with Crippen LogP contribution in [0.15, 0.2) is 182 Å². The third kappa shape index (κ3) is 4.79. The van der Waals surface area contributed by atoms with Gasteiger partial charge < -0.3 is 0 Å². The SMILES string of the molecule is c1ccc([Si](OO[Si](c2ccccc2)(c2ccccc2)c2ccccc2)(c2ccccc2)c2ccccc2)cc1. The third-order valence-corrected chi connectivity index (χ3v) is 15.1. The molecule has 0 fully saturated rings. The molecule has 0 saturated heterocycles. The van der Waals surface area contributed by atoms with Crippen molar-refractivity contribution in [1.29, 1.82) is 0 Å². The predicted molar refractivity (Wildman–Crippen MR) is 170 cm³/mol. The third-order valence-electron chi connectivity index (χ3n) is 7.37. The molecule has 0 N–H and O–H groups in total. The summed E-state index contributed by atoms with van der Waals surface area (Å²) in [7, 11) is -6.24. The minimum Gasteiger partial charge on any atom is -0.279 e. The van der Waals surface area contributed by atoms with E-state index in [2.05, 4.69) is 182 Å². The molecule has 0 radical (unpaired) electrons. The van der Waals surface area contributed by atoms with Gasteiger partial charge in [0.15, 0.2) is 0 Å². The van der Waals surface area contributed by atoms with E-state index in [0.29, 0.717) is 0 Å². The van der Waals surface area contributed by atoms with Crippen molar-refractivity contribution in [2.24, 2.45) is 0 Å². The van der Waals surface area contributed by atoms with E-state index in [-0.39, 0.29) is 0 Å². The summed E-state index contributed by atoms with van der Waals surface area (Å²) in [6.07, 6.45) is 0. The van der Waals surface area contributed by atoms with Crippen LogP contribution in [-0.4, -0.2) is 16.6 Å². The zero-order valence-electron chi connectivity index (χ0n) is 22.1. The van der Waals surface area contributed by atoms with Gasteiger partial charge in [0.25, 0.3) is 0 Å². The molecule has 0 spiro atoms. The molecule has 0 saturated carbocycles. The van der Waals surface area contributed by atoms with Crippen molar-refractivity contribution < 1.29 is 9.15 Å². The van der Waals surface area contributed by atoms with Crippen molar-refractivity contribution in [1.82, 2.24) is 0 Å². The first-order valence-corrected chi connectivity index (χ1v) is 17.4. The molecule has 6 rings (SSSR count). The van der Waals surface area contributed by atoms with Crippen LogP contribution in [0.3, 0.4) is 0 Å². The Hall–Kier alpha value is -4.33. The maximum absolute atomic E-state index is 7.22. The van der Waals surface area contributed by atoms with Crippen LogP contribution >= 0.6 is 0 Å². The molecule has 0 amide bonds. The first kappa shape index (κ1) is 25.9. The van der Waals surface area contributed by atoms with Crippen molar-refractivity contribution in [3.8, 4) is 0 Å². The van der Waals surface area contributed by atoms with E-state index in [1.165, 1.54) is 0 Å². The van der Waals surface area contributed by atoms with Gasteiger partial charge in [-0.25, -0.2) is 0 Å². The minimum atomic E-state index is -3.12. The van der Waals surface area contributed by atoms with Gasteiger partial charge in [-0.1, -0.05) is 182 Å². The van der Waals surface area contributed by atoms with Crippen LogP contribution in [-0.2, 0) is 9.15 Å². The van der Waals surface area contributed by atoms with E-state index >= 15 is 0 Å². The summed E-state index contributed by atoms with van der Waals surface area (Å²) >= 11 is 0. The lowest BCUT2D eigenvalue weighted by Crippen LogP contribution is -2.74. The van der Waals surface area contributed by atoms with Gasteiger partial charge >= 0.3 is 16.6 Å². The Morgan fingerprint density at radius 3 is 0.525 bits per heavy atom. The fourth-order valence-corrected chi connectivity index (χ4v) is 13.0. The number of benzene rings is 6. The maximum Gasteiger partial charge on any atom is 0.329 e. The Balaban J connectivity index is 1.62. The summed E-state index contributed by atoms with van der Waals surface area (Å²) in [4.78, 5) is 0. The zero-order valence-corrected chi connectivity index (χ0v) is 24.1. The highest BCUT2D eigenvalue weighted by Crippen LogP contribution is 2.16. The molecule has 0 bridgehead atoms. The second kappa shape index (κ2) is 11.8. The smallest absolute Gasteiger partial charge is 0.279 e. The maximum atomic E-state index is 7.22. The van der Waals surface area contributed by atoms with Gasteiger partial charge in [-0.05, 0) is 31.1 Å². The van der Waals surface area contributed by atoms with Gasteiger partial charge in [-0.3, -0.25) is 9.15 Å². The summed E-state index contributed by atoms with van der Waals surface area (Å²) in [6, 6.07) is 63.4. The Morgan fingerprint density at radius 1 is 0.225 bits per heavy atom. The van der Waals surface area contributed by atoms with E-state index in [0.717, 1.165) is 31.1 Å². The largest absolute Gasteiger partial charge is 0.329 e. The molecule has 0 atom stereocenters. The highest BCUT2D eigenvalue weighted by atomic mass is 28.4. The van der Waals surface area contributed by atoms with Crippen molar-refractivity contribution >= 4 is 47.8 Å².